The van der Waals surface area contributed by atoms with E-state index in [9.17, 15) is 19.2 Å². The van der Waals surface area contributed by atoms with Gasteiger partial charge in [0.2, 0.25) is 11.8 Å². The molecule has 0 saturated carbocycles. The number of carboxylic acids is 1. The minimum atomic E-state index is -0.905. The highest BCUT2D eigenvalue weighted by atomic mass is 16.7. The Morgan fingerprint density at radius 3 is 1.51 bits per heavy atom. The fraction of sp³-hybridized carbons (Fsp3) is 0.467. The molecule has 2 aromatic carbocycles. The standard InChI is InChI=1S/C16H22N2O4.C14H17NO4/c1-11(12-5-7-14(21-3)8-6-12)18-10-13(9-15(18)19)16(20)17(2)22-4;1-9(10-3-5-12(19-2)6-4-10)15-8-11(14(17)18)7-13(15)16/h5-8,11,13H,9-10H2,1-4H3;3-6,9,11H,7-8H2,1-2H3,(H,17,18)/t11-,13-;9-,11-/m11/s1. The van der Waals surface area contributed by atoms with Crippen LogP contribution >= 0.6 is 0 Å². The van der Waals surface area contributed by atoms with Gasteiger partial charge in [0.15, 0.2) is 0 Å². The number of carbonyl (C=O) groups excluding carboxylic acids is 3. The first-order valence-electron chi connectivity index (χ1n) is 13.4. The number of hydrogen-bond acceptors (Lipinski definition) is 7. The second-order valence-corrected chi connectivity index (χ2v) is 10.1. The van der Waals surface area contributed by atoms with Crippen LogP contribution in [0.25, 0.3) is 0 Å². The van der Waals surface area contributed by atoms with Crippen LogP contribution in [0.3, 0.4) is 0 Å². The molecule has 0 spiro atoms. The van der Waals surface area contributed by atoms with Crippen molar-refractivity contribution in [2.45, 2.75) is 38.8 Å². The Bertz CT molecular complexity index is 1220. The minimum absolute atomic E-state index is 0.00817. The van der Waals surface area contributed by atoms with Crippen LogP contribution in [0.2, 0.25) is 0 Å². The maximum Gasteiger partial charge on any atom is 0.308 e. The highest BCUT2D eigenvalue weighted by Gasteiger charge is 2.39. The number of hydroxylamine groups is 2. The third-order valence-electron chi connectivity index (χ3n) is 7.73. The Morgan fingerprint density at radius 1 is 0.780 bits per heavy atom. The van der Waals surface area contributed by atoms with E-state index in [1.54, 1.807) is 31.1 Å². The molecule has 222 valence electrons. The number of carbonyl (C=O) groups is 4. The number of hydrogen-bond donors (Lipinski definition) is 1. The fourth-order valence-electron chi connectivity index (χ4n) is 5.01. The minimum Gasteiger partial charge on any atom is -0.497 e. The van der Waals surface area contributed by atoms with Gasteiger partial charge in [0, 0.05) is 33.0 Å². The van der Waals surface area contributed by atoms with E-state index in [2.05, 4.69) is 0 Å². The summed E-state index contributed by atoms with van der Waals surface area (Å²) in [5.74, 6) is -0.586. The zero-order valence-corrected chi connectivity index (χ0v) is 24.4. The first kappa shape index (κ1) is 31.4. The Kier molecular flexibility index (Phi) is 10.7. The topological polar surface area (TPSA) is 126 Å². The lowest BCUT2D eigenvalue weighted by Gasteiger charge is -2.25. The Hall–Kier alpha value is -4.12. The lowest BCUT2D eigenvalue weighted by Crippen LogP contribution is -2.34. The van der Waals surface area contributed by atoms with Gasteiger partial charge in [-0.05, 0) is 49.2 Å². The van der Waals surface area contributed by atoms with Crippen molar-refractivity contribution in [2.24, 2.45) is 11.8 Å². The zero-order chi connectivity index (χ0) is 30.3. The molecule has 2 fully saturated rings. The zero-order valence-electron chi connectivity index (χ0n) is 24.4. The molecule has 0 bridgehead atoms. The summed E-state index contributed by atoms with van der Waals surface area (Å²) in [4.78, 5) is 55.4. The average molecular weight is 570 g/mol. The fourth-order valence-corrected chi connectivity index (χ4v) is 5.01. The van der Waals surface area contributed by atoms with Crippen molar-refractivity contribution >= 4 is 23.7 Å². The maximum atomic E-state index is 12.2. The molecule has 3 amide bonds. The number of amides is 3. The molecule has 1 N–H and O–H groups in total. The Labute approximate surface area is 240 Å². The first-order chi connectivity index (χ1) is 19.5. The van der Waals surface area contributed by atoms with Gasteiger partial charge < -0.3 is 24.4 Å². The summed E-state index contributed by atoms with van der Waals surface area (Å²) in [7, 11) is 6.21. The van der Waals surface area contributed by atoms with Crippen LogP contribution in [0.4, 0.5) is 0 Å². The maximum absolute atomic E-state index is 12.2. The van der Waals surface area contributed by atoms with Gasteiger partial charge in [0.1, 0.15) is 11.5 Å². The molecule has 4 rings (SSSR count). The van der Waals surface area contributed by atoms with Gasteiger partial charge in [0.05, 0.1) is 45.2 Å². The lowest BCUT2D eigenvalue weighted by molar-refractivity contribution is -0.173. The predicted molar refractivity (Wildman–Crippen MR) is 150 cm³/mol. The van der Waals surface area contributed by atoms with Gasteiger partial charge in [0.25, 0.3) is 5.91 Å². The number of carboxylic acid groups (broad SMARTS) is 1. The largest absolute Gasteiger partial charge is 0.497 e. The van der Waals surface area contributed by atoms with Gasteiger partial charge in [-0.3, -0.25) is 24.0 Å². The van der Waals surface area contributed by atoms with E-state index in [1.807, 2.05) is 62.4 Å². The number of aliphatic carboxylic acids is 1. The summed E-state index contributed by atoms with van der Waals surface area (Å²) < 4.78 is 10.2. The summed E-state index contributed by atoms with van der Waals surface area (Å²) in [5, 5.41) is 10.2. The van der Waals surface area contributed by atoms with Crippen LogP contribution in [-0.2, 0) is 24.0 Å². The number of rotatable bonds is 9. The third kappa shape index (κ3) is 7.55. The second-order valence-electron chi connectivity index (χ2n) is 10.1. The van der Waals surface area contributed by atoms with Crippen molar-refractivity contribution in [2.75, 3.05) is 41.5 Å². The molecule has 11 nitrogen and oxygen atoms in total. The molecule has 2 aliphatic rings. The Morgan fingerprint density at radius 2 is 1.17 bits per heavy atom. The van der Waals surface area contributed by atoms with E-state index in [0.717, 1.165) is 22.6 Å². The average Bonchev–Trinajstić information content (AvgIpc) is 3.58. The number of benzene rings is 2. The molecule has 0 unspecified atom stereocenters. The summed E-state index contributed by atoms with van der Waals surface area (Å²) >= 11 is 0. The molecule has 2 heterocycles. The van der Waals surface area contributed by atoms with Gasteiger partial charge >= 0.3 is 5.97 Å². The van der Waals surface area contributed by atoms with E-state index in [1.165, 1.54) is 12.2 Å². The van der Waals surface area contributed by atoms with Crippen molar-refractivity contribution < 1.29 is 38.6 Å². The molecule has 4 atom stereocenters. The van der Waals surface area contributed by atoms with Gasteiger partial charge in [-0.15, -0.1) is 0 Å². The molecule has 2 aliphatic heterocycles. The van der Waals surface area contributed by atoms with Crippen molar-refractivity contribution in [1.29, 1.82) is 0 Å². The molecular formula is C30H39N3O8. The Balaban J connectivity index is 0.000000228. The molecule has 0 radical (unpaired) electrons. The van der Waals surface area contributed by atoms with Crippen LogP contribution in [0.1, 0.15) is 49.9 Å². The van der Waals surface area contributed by atoms with Crippen molar-refractivity contribution in [1.82, 2.24) is 14.9 Å². The van der Waals surface area contributed by atoms with Crippen LogP contribution in [0, 0.1) is 11.8 Å². The summed E-state index contributed by atoms with van der Waals surface area (Å²) in [6.07, 6.45) is 0.322. The van der Waals surface area contributed by atoms with E-state index < -0.39 is 11.9 Å². The predicted octanol–water partition coefficient (Wildman–Crippen LogP) is 3.31. The second kappa shape index (κ2) is 14.0. The number of likely N-dealkylation sites (tertiary alicyclic amines) is 2. The van der Waals surface area contributed by atoms with Crippen molar-refractivity contribution in [3.05, 3.63) is 59.7 Å². The van der Waals surface area contributed by atoms with E-state index >= 15 is 0 Å². The summed E-state index contributed by atoms with van der Waals surface area (Å²) in [6.45, 7) is 4.57. The van der Waals surface area contributed by atoms with Crippen LogP contribution in [0.15, 0.2) is 48.5 Å². The molecule has 2 aromatic rings. The molecular weight excluding hydrogens is 530 g/mol. The van der Waals surface area contributed by atoms with E-state index in [-0.39, 0.29) is 55.1 Å². The molecule has 11 heteroatoms. The van der Waals surface area contributed by atoms with E-state index in [4.69, 9.17) is 19.4 Å². The van der Waals surface area contributed by atoms with Gasteiger partial charge in [-0.25, -0.2) is 5.06 Å². The first-order valence-corrected chi connectivity index (χ1v) is 13.4. The molecule has 2 saturated heterocycles. The number of methoxy groups -OCH3 is 2. The third-order valence-corrected chi connectivity index (χ3v) is 7.73. The van der Waals surface area contributed by atoms with Crippen molar-refractivity contribution in [3.63, 3.8) is 0 Å². The smallest absolute Gasteiger partial charge is 0.308 e. The van der Waals surface area contributed by atoms with E-state index in [0.29, 0.717) is 6.54 Å². The van der Waals surface area contributed by atoms with Gasteiger partial charge in [-0.1, -0.05) is 24.3 Å². The number of ether oxygens (including phenoxy) is 2. The molecule has 41 heavy (non-hydrogen) atoms. The summed E-state index contributed by atoms with van der Waals surface area (Å²) in [6, 6.07) is 14.9. The summed E-state index contributed by atoms with van der Waals surface area (Å²) in [5.41, 5.74) is 1.99. The van der Waals surface area contributed by atoms with Crippen molar-refractivity contribution in [3.8, 4) is 11.5 Å². The number of nitrogens with zero attached hydrogens (tertiary/aromatic N) is 3. The van der Waals surface area contributed by atoms with Crippen LogP contribution in [0.5, 0.6) is 11.5 Å². The highest BCUT2D eigenvalue weighted by Crippen LogP contribution is 2.31. The monoisotopic (exact) mass is 569 g/mol. The SMILES string of the molecule is COc1ccc([C@@H](C)N2C[C@H](C(=O)N(C)OC)CC2=O)cc1.COc1ccc([C@@H](C)N2C[C@H](C(=O)O)CC2=O)cc1. The van der Waals surface area contributed by atoms with Gasteiger partial charge in [-0.2, -0.15) is 0 Å². The normalized spacial score (nSPS) is 19.8. The quantitative estimate of drug-likeness (QED) is 0.456. The lowest BCUT2D eigenvalue weighted by atomic mass is 10.1. The molecule has 0 aromatic heterocycles. The highest BCUT2D eigenvalue weighted by molar-refractivity contribution is 5.89. The van der Waals surface area contributed by atoms with Crippen LogP contribution in [-0.4, -0.2) is 85.1 Å². The molecule has 0 aliphatic carbocycles. The van der Waals surface area contributed by atoms with Crippen LogP contribution < -0.4 is 9.47 Å².